The van der Waals surface area contributed by atoms with Crippen LogP contribution in [0.15, 0.2) is 24.5 Å². The number of hydrogen-bond acceptors (Lipinski definition) is 3. The fourth-order valence-electron chi connectivity index (χ4n) is 3.02. The van der Waals surface area contributed by atoms with Gasteiger partial charge in [0.25, 0.3) is 0 Å². The normalized spacial score (nSPS) is 23.7. The standard InChI is InChI=1S/C15H25N3/c1-3-18(11-13-7-9-17-10-8-13)12-14-5-4-6-15(14)16-2/h7-10,14-16H,3-6,11-12H2,1-2H3. The molecule has 3 nitrogen and oxygen atoms in total. The highest BCUT2D eigenvalue weighted by atomic mass is 15.1. The summed E-state index contributed by atoms with van der Waals surface area (Å²) in [7, 11) is 2.10. The van der Waals surface area contributed by atoms with Gasteiger partial charge in [-0.2, -0.15) is 0 Å². The maximum absolute atomic E-state index is 4.08. The highest BCUT2D eigenvalue weighted by Gasteiger charge is 2.27. The second-order valence-corrected chi connectivity index (χ2v) is 5.27. The van der Waals surface area contributed by atoms with Gasteiger partial charge in [0.05, 0.1) is 0 Å². The van der Waals surface area contributed by atoms with E-state index < -0.39 is 0 Å². The monoisotopic (exact) mass is 247 g/mol. The second-order valence-electron chi connectivity index (χ2n) is 5.27. The third-order valence-corrected chi connectivity index (χ3v) is 4.13. The molecule has 100 valence electrons. The van der Waals surface area contributed by atoms with Gasteiger partial charge in [-0.3, -0.25) is 9.88 Å². The van der Waals surface area contributed by atoms with Crippen molar-refractivity contribution >= 4 is 0 Å². The van der Waals surface area contributed by atoms with Crippen molar-refractivity contribution < 1.29 is 0 Å². The van der Waals surface area contributed by atoms with Crippen LogP contribution in [-0.4, -0.2) is 36.1 Å². The third-order valence-electron chi connectivity index (χ3n) is 4.13. The van der Waals surface area contributed by atoms with Gasteiger partial charge in [0, 0.05) is 31.5 Å². The van der Waals surface area contributed by atoms with Gasteiger partial charge in [-0.15, -0.1) is 0 Å². The molecule has 1 aliphatic rings. The Balaban J connectivity index is 1.89. The molecule has 2 rings (SSSR count). The Hall–Kier alpha value is -0.930. The fraction of sp³-hybridized carbons (Fsp3) is 0.667. The van der Waals surface area contributed by atoms with Gasteiger partial charge < -0.3 is 5.32 Å². The molecule has 1 saturated carbocycles. The van der Waals surface area contributed by atoms with Gasteiger partial charge in [0.1, 0.15) is 0 Å². The van der Waals surface area contributed by atoms with Crippen LogP contribution >= 0.6 is 0 Å². The third kappa shape index (κ3) is 3.53. The van der Waals surface area contributed by atoms with Crippen molar-refractivity contribution in [2.45, 2.75) is 38.8 Å². The van der Waals surface area contributed by atoms with Crippen LogP contribution in [0.25, 0.3) is 0 Å². The lowest BCUT2D eigenvalue weighted by Crippen LogP contribution is -2.37. The Labute approximate surface area is 111 Å². The molecule has 0 amide bonds. The van der Waals surface area contributed by atoms with E-state index in [-0.39, 0.29) is 0 Å². The van der Waals surface area contributed by atoms with Gasteiger partial charge >= 0.3 is 0 Å². The summed E-state index contributed by atoms with van der Waals surface area (Å²) in [5.41, 5.74) is 1.37. The van der Waals surface area contributed by atoms with Gasteiger partial charge in [0.2, 0.25) is 0 Å². The quantitative estimate of drug-likeness (QED) is 0.836. The summed E-state index contributed by atoms with van der Waals surface area (Å²) in [5, 5.41) is 3.47. The van der Waals surface area contributed by atoms with Crippen molar-refractivity contribution in [2.24, 2.45) is 5.92 Å². The number of pyridine rings is 1. The summed E-state index contributed by atoms with van der Waals surface area (Å²) in [6, 6.07) is 4.95. The predicted molar refractivity (Wildman–Crippen MR) is 75.4 cm³/mol. The van der Waals surface area contributed by atoms with E-state index in [0.29, 0.717) is 0 Å². The molecule has 2 atom stereocenters. The second kappa shape index (κ2) is 6.86. The molecule has 0 aliphatic heterocycles. The lowest BCUT2D eigenvalue weighted by Gasteiger charge is -2.27. The van der Waals surface area contributed by atoms with E-state index in [0.717, 1.165) is 25.0 Å². The van der Waals surface area contributed by atoms with Crippen LogP contribution in [0.5, 0.6) is 0 Å². The van der Waals surface area contributed by atoms with Crippen LogP contribution in [0.2, 0.25) is 0 Å². The van der Waals surface area contributed by atoms with E-state index in [1.54, 1.807) is 0 Å². The zero-order valence-electron chi connectivity index (χ0n) is 11.6. The molecule has 1 aromatic rings. The Morgan fingerprint density at radius 1 is 1.33 bits per heavy atom. The molecule has 1 aromatic heterocycles. The average molecular weight is 247 g/mol. The average Bonchev–Trinajstić information content (AvgIpc) is 2.86. The van der Waals surface area contributed by atoms with E-state index in [9.17, 15) is 0 Å². The first-order chi connectivity index (χ1) is 8.83. The maximum atomic E-state index is 4.08. The van der Waals surface area contributed by atoms with Crippen molar-refractivity contribution in [2.75, 3.05) is 20.1 Å². The van der Waals surface area contributed by atoms with Crippen molar-refractivity contribution in [3.05, 3.63) is 30.1 Å². The maximum Gasteiger partial charge on any atom is 0.0271 e. The molecule has 1 fully saturated rings. The van der Waals surface area contributed by atoms with E-state index >= 15 is 0 Å². The van der Waals surface area contributed by atoms with Crippen LogP contribution in [0.3, 0.4) is 0 Å². The molecule has 0 radical (unpaired) electrons. The molecule has 0 spiro atoms. The molecule has 0 bridgehead atoms. The molecule has 18 heavy (non-hydrogen) atoms. The Morgan fingerprint density at radius 3 is 2.78 bits per heavy atom. The zero-order chi connectivity index (χ0) is 12.8. The first-order valence-corrected chi connectivity index (χ1v) is 7.12. The van der Waals surface area contributed by atoms with Crippen LogP contribution in [0.1, 0.15) is 31.7 Å². The van der Waals surface area contributed by atoms with Crippen LogP contribution in [0.4, 0.5) is 0 Å². The molecular weight excluding hydrogens is 222 g/mol. The molecule has 1 aliphatic carbocycles. The molecule has 2 unspecified atom stereocenters. The van der Waals surface area contributed by atoms with Crippen LogP contribution in [0, 0.1) is 5.92 Å². The molecule has 1 N–H and O–H groups in total. The Morgan fingerprint density at radius 2 is 2.11 bits per heavy atom. The van der Waals surface area contributed by atoms with Gasteiger partial charge in [-0.25, -0.2) is 0 Å². The summed E-state index contributed by atoms with van der Waals surface area (Å²) in [5.74, 6) is 0.816. The van der Waals surface area contributed by atoms with Gasteiger partial charge in [0.15, 0.2) is 0 Å². The van der Waals surface area contributed by atoms with Crippen molar-refractivity contribution in [3.8, 4) is 0 Å². The summed E-state index contributed by atoms with van der Waals surface area (Å²) < 4.78 is 0. The zero-order valence-corrected chi connectivity index (χ0v) is 11.6. The number of rotatable bonds is 6. The minimum atomic E-state index is 0.719. The lowest BCUT2D eigenvalue weighted by atomic mass is 10.0. The van der Waals surface area contributed by atoms with Gasteiger partial charge in [-0.1, -0.05) is 13.3 Å². The summed E-state index contributed by atoms with van der Waals surface area (Å²) in [4.78, 5) is 6.63. The molecule has 1 heterocycles. The van der Waals surface area contributed by atoms with E-state index in [1.165, 1.54) is 31.4 Å². The SMILES string of the molecule is CCN(Cc1ccncc1)CC1CCCC1NC. The number of nitrogens with one attached hydrogen (secondary N) is 1. The summed E-state index contributed by atoms with van der Waals surface area (Å²) >= 11 is 0. The minimum Gasteiger partial charge on any atom is -0.317 e. The fourth-order valence-corrected chi connectivity index (χ4v) is 3.02. The van der Waals surface area contributed by atoms with E-state index in [4.69, 9.17) is 0 Å². The van der Waals surface area contributed by atoms with Crippen molar-refractivity contribution in [3.63, 3.8) is 0 Å². The highest BCUT2D eigenvalue weighted by molar-refractivity contribution is 5.09. The number of hydrogen-bond donors (Lipinski definition) is 1. The summed E-state index contributed by atoms with van der Waals surface area (Å²) in [6.07, 6.45) is 7.86. The highest BCUT2D eigenvalue weighted by Crippen LogP contribution is 2.26. The first-order valence-electron chi connectivity index (χ1n) is 7.12. The molecule has 0 aromatic carbocycles. The van der Waals surface area contributed by atoms with Crippen molar-refractivity contribution in [1.82, 2.24) is 15.2 Å². The topological polar surface area (TPSA) is 28.2 Å². The number of nitrogens with zero attached hydrogens (tertiary/aromatic N) is 2. The predicted octanol–water partition coefficient (Wildman–Crippen LogP) is 2.29. The van der Waals surface area contributed by atoms with Gasteiger partial charge in [-0.05, 0) is 50.0 Å². The van der Waals surface area contributed by atoms with E-state index in [1.807, 2.05) is 12.4 Å². The van der Waals surface area contributed by atoms with E-state index in [2.05, 4.69) is 41.3 Å². The Kier molecular flexibility index (Phi) is 5.14. The lowest BCUT2D eigenvalue weighted by molar-refractivity contribution is 0.218. The number of aromatic nitrogens is 1. The molecule has 3 heteroatoms. The summed E-state index contributed by atoms with van der Waals surface area (Å²) in [6.45, 7) is 5.63. The first kappa shape index (κ1) is 13.5. The minimum absolute atomic E-state index is 0.719. The largest absolute Gasteiger partial charge is 0.317 e. The molecular formula is C15H25N3. The molecule has 0 saturated heterocycles. The Bertz CT molecular complexity index is 339. The van der Waals surface area contributed by atoms with Crippen LogP contribution in [-0.2, 0) is 6.54 Å². The smallest absolute Gasteiger partial charge is 0.0271 e. The van der Waals surface area contributed by atoms with Crippen LogP contribution < -0.4 is 5.32 Å². The van der Waals surface area contributed by atoms with Crippen molar-refractivity contribution in [1.29, 1.82) is 0 Å².